The molecule has 2 aliphatic heterocycles. The van der Waals surface area contributed by atoms with Gasteiger partial charge in [-0.25, -0.2) is 27.0 Å². The molecule has 2 aliphatic rings. The van der Waals surface area contributed by atoms with Crippen LogP contribution in [0.2, 0.25) is 0 Å². The molecule has 2 N–H and O–H groups in total. The number of hydrogen-bond acceptors (Lipinski definition) is 6. The second-order valence-electron chi connectivity index (χ2n) is 10.4. The van der Waals surface area contributed by atoms with Crippen molar-refractivity contribution in [1.29, 1.82) is 0 Å². The van der Waals surface area contributed by atoms with E-state index in [9.17, 15) is 31.9 Å². The van der Waals surface area contributed by atoms with Gasteiger partial charge in [0.25, 0.3) is 15.9 Å². The Hall–Kier alpha value is -4.10. The van der Waals surface area contributed by atoms with Gasteiger partial charge >= 0.3 is 6.09 Å². The van der Waals surface area contributed by atoms with Crippen LogP contribution in [0.25, 0.3) is 0 Å². The number of carbonyl (C=O) groups is 2. The highest BCUT2D eigenvalue weighted by Gasteiger charge is 2.33. The largest absolute Gasteiger partial charge is 0.465 e. The molecule has 0 spiro atoms. The fraction of sp³-hybridized carbons (Fsp3) is 0.345. The first-order valence-corrected chi connectivity index (χ1v) is 15.0. The number of aromatic nitrogens is 1. The molecule has 13 heteroatoms. The third-order valence-corrected chi connectivity index (χ3v) is 9.60. The van der Waals surface area contributed by atoms with Gasteiger partial charge in [-0.05, 0) is 67.1 Å². The third kappa shape index (κ3) is 6.21. The zero-order valence-electron chi connectivity index (χ0n) is 23.0. The molecule has 0 unspecified atom stereocenters. The van der Waals surface area contributed by atoms with Crippen LogP contribution in [0.3, 0.4) is 0 Å². The number of carboxylic acid groups (broad SMARTS) is 1. The van der Waals surface area contributed by atoms with E-state index in [1.54, 1.807) is 24.0 Å². The first-order chi connectivity index (χ1) is 20.0. The zero-order chi connectivity index (χ0) is 30.0. The lowest BCUT2D eigenvalue weighted by atomic mass is 9.89. The van der Waals surface area contributed by atoms with Crippen LogP contribution in [0, 0.1) is 18.6 Å². The summed E-state index contributed by atoms with van der Waals surface area (Å²) in [6.45, 7) is 2.58. The maximum atomic E-state index is 13.8. The maximum absolute atomic E-state index is 13.8. The molecule has 0 aliphatic carbocycles. The predicted molar refractivity (Wildman–Crippen MR) is 151 cm³/mol. The lowest BCUT2D eigenvalue weighted by molar-refractivity contribution is 0.0713. The van der Waals surface area contributed by atoms with E-state index in [1.165, 1.54) is 46.9 Å². The van der Waals surface area contributed by atoms with Crippen LogP contribution in [-0.4, -0.2) is 83.9 Å². The molecule has 10 nitrogen and oxygen atoms in total. The Labute approximate surface area is 242 Å². The molecule has 3 aromatic rings. The summed E-state index contributed by atoms with van der Waals surface area (Å²) >= 11 is 0. The van der Waals surface area contributed by atoms with Gasteiger partial charge in [0.05, 0.1) is 11.3 Å². The van der Waals surface area contributed by atoms with Crippen LogP contribution in [-0.2, 0) is 10.0 Å². The summed E-state index contributed by atoms with van der Waals surface area (Å²) in [5.74, 6) is -0.886. The van der Waals surface area contributed by atoms with Crippen molar-refractivity contribution in [1.82, 2.24) is 19.1 Å². The van der Waals surface area contributed by atoms with Crippen molar-refractivity contribution < 1.29 is 31.9 Å². The minimum Gasteiger partial charge on any atom is -0.465 e. The normalized spacial score (nSPS) is 16.8. The number of nitrogens with zero attached hydrogens (tertiary/aromatic N) is 4. The molecule has 2 saturated heterocycles. The molecular weight excluding hydrogens is 568 g/mol. The van der Waals surface area contributed by atoms with E-state index in [-0.39, 0.29) is 60.1 Å². The van der Waals surface area contributed by atoms with Gasteiger partial charge in [0, 0.05) is 57.2 Å². The molecule has 0 atom stereocenters. The quantitative estimate of drug-likeness (QED) is 0.430. The standard InChI is InChI=1S/C29H31F2N5O5S/c1-19-16-23(31)6-7-25(19)33-26-17-27(42(40,41)36-14-12-35(13-15-36)29(38)39)32-18-24(26)28(37)34-10-8-21(9-11-34)20-2-4-22(30)5-3-20/h2-7,16-18,21H,8-15H2,1H3,(H,32,33)(H,38,39). The van der Waals surface area contributed by atoms with Crippen molar-refractivity contribution in [3.63, 3.8) is 0 Å². The predicted octanol–water partition coefficient (Wildman–Crippen LogP) is 4.42. The Balaban J connectivity index is 1.41. The lowest BCUT2D eigenvalue weighted by Crippen LogP contribution is -2.50. The SMILES string of the molecule is Cc1cc(F)ccc1Nc1cc(S(=O)(=O)N2CCN(C(=O)O)CC2)ncc1C(=O)N1CCC(c2ccc(F)cc2)CC1. The van der Waals surface area contributed by atoms with Crippen molar-refractivity contribution in [2.24, 2.45) is 0 Å². The minimum absolute atomic E-state index is 0.0267. The zero-order valence-corrected chi connectivity index (χ0v) is 23.8. The Morgan fingerprint density at radius 1 is 0.881 bits per heavy atom. The van der Waals surface area contributed by atoms with E-state index < -0.39 is 21.9 Å². The Morgan fingerprint density at radius 2 is 1.52 bits per heavy atom. The van der Waals surface area contributed by atoms with Crippen molar-refractivity contribution >= 4 is 33.4 Å². The molecule has 2 aromatic carbocycles. The average Bonchev–Trinajstić information content (AvgIpc) is 2.98. The van der Waals surface area contributed by atoms with Crippen molar-refractivity contribution in [3.8, 4) is 0 Å². The van der Waals surface area contributed by atoms with Gasteiger partial charge in [0.15, 0.2) is 5.03 Å². The number of aryl methyl sites for hydroxylation is 1. The van der Waals surface area contributed by atoms with E-state index in [2.05, 4.69) is 10.3 Å². The monoisotopic (exact) mass is 599 g/mol. The van der Waals surface area contributed by atoms with Crippen molar-refractivity contribution in [3.05, 3.63) is 83.1 Å². The van der Waals surface area contributed by atoms with Crippen LogP contribution in [0.5, 0.6) is 0 Å². The third-order valence-electron chi connectivity index (χ3n) is 7.80. The van der Waals surface area contributed by atoms with E-state index in [0.29, 0.717) is 37.2 Å². The van der Waals surface area contributed by atoms with Crippen molar-refractivity contribution in [2.75, 3.05) is 44.6 Å². The fourth-order valence-electron chi connectivity index (χ4n) is 5.34. The number of carbonyl (C=O) groups excluding carboxylic acids is 1. The van der Waals surface area contributed by atoms with Gasteiger partial charge in [-0.15, -0.1) is 0 Å². The summed E-state index contributed by atoms with van der Waals surface area (Å²) in [5, 5.41) is 12.0. The summed E-state index contributed by atoms with van der Waals surface area (Å²) in [6.07, 6.45) is 1.48. The summed E-state index contributed by atoms with van der Waals surface area (Å²) in [7, 11) is -4.10. The maximum Gasteiger partial charge on any atom is 0.407 e. The molecule has 1 aromatic heterocycles. The van der Waals surface area contributed by atoms with Crippen LogP contribution < -0.4 is 5.32 Å². The van der Waals surface area contributed by atoms with Crippen LogP contribution in [0.4, 0.5) is 25.0 Å². The summed E-state index contributed by atoms with van der Waals surface area (Å²) in [5.41, 5.74) is 2.42. The lowest BCUT2D eigenvalue weighted by Gasteiger charge is -2.33. The number of piperidine rings is 1. The number of pyridine rings is 1. The van der Waals surface area contributed by atoms with Gasteiger partial charge in [0.2, 0.25) is 0 Å². The molecule has 3 heterocycles. The number of rotatable bonds is 6. The number of halogens is 2. The second-order valence-corrected chi connectivity index (χ2v) is 12.3. The summed E-state index contributed by atoms with van der Waals surface area (Å²) in [4.78, 5) is 31.9. The Morgan fingerprint density at radius 3 is 2.14 bits per heavy atom. The summed E-state index contributed by atoms with van der Waals surface area (Å²) in [6, 6.07) is 11.8. The molecule has 0 bridgehead atoms. The van der Waals surface area contributed by atoms with Gasteiger partial charge in [-0.3, -0.25) is 4.79 Å². The first-order valence-electron chi connectivity index (χ1n) is 13.6. The van der Waals surface area contributed by atoms with E-state index in [4.69, 9.17) is 0 Å². The molecule has 0 radical (unpaired) electrons. The number of piperazine rings is 1. The highest BCUT2D eigenvalue weighted by molar-refractivity contribution is 7.89. The summed E-state index contributed by atoms with van der Waals surface area (Å²) < 4.78 is 55.2. The highest BCUT2D eigenvalue weighted by Crippen LogP contribution is 2.32. The number of benzene rings is 2. The van der Waals surface area contributed by atoms with Crippen LogP contribution in [0.15, 0.2) is 59.8 Å². The number of anilines is 2. The van der Waals surface area contributed by atoms with Crippen molar-refractivity contribution in [2.45, 2.75) is 30.7 Å². The van der Waals surface area contributed by atoms with Crippen LogP contribution >= 0.6 is 0 Å². The van der Waals surface area contributed by atoms with Gasteiger partial charge in [-0.2, -0.15) is 4.31 Å². The minimum atomic E-state index is -4.10. The number of sulfonamides is 1. The number of amides is 2. The van der Waals surface area contributed by atoms with E-state index in [0.717, 1.165) is 10.5 Å². The van der Waals surface area contributed by atoms with E-state index >= 15 is 0 Å². The van der Waals surface area contributed by atoms with E-state index in [1.807, 2.05) is 0 Å². The first kappa shape index (κ1) is 29.4. The van der Waals surface area contributed by atoms with Gasteiger partial charge in [0.1, 0.15) is 11.6 Å². The number of hydrogen-bond donors (Lipinski definition) is 2. The molecule has 222 valence electrons. The molecule has 42 heavy (non-hydrogen) atoms. The van der Waals surface area contributed by atoms with Gasteiger partial charge in [-0.1, -0.05) is 12.1 Å². The molecule has 2 amide bonds. The number of likely N-dealkylation sites (tertiary alicyclic amines) is 1. The van der Waals surface area contributed by atoms with Crippen LogP contribution in [0.1, 0.15) is 40.2 Å². The fourth-order valence-corrected chi connectivity index (χ4v) is 6.70. The molecule has 5 rings (SSSR count). The number of nitrogens with one attached hydrogen (secondary N) is 1. The topological polar surface area (TPSA) is 123 Å². The molecule has 2 fully saturated rings. The smallest absolute Gasteiger partial charge is 0.407 e. The Kier molecular flexibility index (Phi) is 8.41. The molecular formula is C29H31F2N5O5S. The van der Waals surface area contributed by atoms with Gasteiger partial charge < -0.3 is 20.2 Å². The highest BCUT2D eigenvalue weighted by atomic mass is 32.2. The Bertz CT molecular complexity index is 1590. The second kappa shape index (κ2) is 12.0. The molecule has 0 saturated carbocycles. The average molecular weight is 600 g/mol.